The Kier molecular flexibility index (Phi) is 4.52. The number of amides is 2. The molecule has 2 aromatic heterocycles. The largest absolute Gasteiger partial charge is 0.356 e. The lowest BCUT2D eigenvalue weighted by atomic mass is 9.92. The van der Waals surface area contributed by atoms with E-state index < -0.39 is 0 Å². The maximum absolute atomic E-state index is 13.8. The number of piperidine rings is 1. The molecule has 0 atom stereocenters. The summed E-state index contributed by atoms with van der Waals surface area (Å²) in [5.74, 6) is -0.247. The molecule has 0 aliphatic carbocycles. The fraction of sp³-hybridized carbons (Fsp3) is 0.259. The maximum Gasteiger partial charge on any atom is 0.266 e. The van der Waals surface area contributed by atoms with Crippen molar-refractivity contribution in [1.29, 1.82) is 0 Å². The van der Waals surface area contributed by atoms with Gasteiger partial charge in [0, 0.05) is 58.3 Å². The highest BCUT2D eigenvalue weighted by molar-refractivity contribution is 6.45. The number of para-hydroxylation sites is 2. The Labute approximate surface area is 192 Å². The number of aromatic nitrogens is 2. The average molecular weight is 439 g/mol. The summed E-state index contributed by atoms with van der Waals surface area (Å²) in [5.41, 5.74) is 4.97. The minimum atomic E-state index is -0.276. The van der Waals surface area contributed by atoms with E-state index in [1.165, 1.54) is 11.0 Å². The molecule has 33 heavy (non-hydrogen) atoms. The molecule has 2 aliphatic rings. The summed E-state index contributed by atoms with van der Waals surface area (Å²) < 4.78 is 2.00. The molecular weight excluding hydrogens is 412 g/mol. The number of fused-ring (bicyclic) bond motifs is 2. The molecule has 1 N–H and O–H groups in total. The van der Waals surface area contributed by atoms with Crippen LogP contribution in [0.5, 0.6) is 0 Å². The second-order valence-corrected chi connectivity index (χ2v) is 9.22. The Morgan fingerprint density at radius 1 is 0.909 bits per heavy atom. The highest BCUT2D eigenvalue weighted by atomic mass is 16.2. The number of rotatable bonds is 3. The summed E-state index contributed by atoms with van der Waals surface area (Å²) in [5, 5.41) is 1.89. The lowest BCUT2D eigenvalue weighted by Crippen LogP contribution is -2.33. The van der Waals surface area contributed by atoms with Gasteiger partial charge in [0.25, 0.3) is 11.8 Å². The van der Waals surface area contributed by atoms with Crippen molar-refractivity contribution in [3.8, 4) is 0 Å². The summed E-state index contributed by atoms with van der Waals surface area (Å²) >= 11 is 0. The monoisotopic (exact) mass is 438 g/mol. The molecule has 4 aromatic rings. The number of nitrogens with zero attached hydrogens (tertiary/aromatic N) is 3. The summed E-state index contributed by atoms with van der Waals surface area (Å²) in [6.07, 6.45) is 5.44. The first-order valence-electron chi connectivity index (χ1n) is 11.5. The first-order valence-corrected chi connectivity index (χ1v) is 11.5. The molecule has 2 aromatic carbocycles. The van der Waals surface area contributed by atoms with E-state index in [1.807, 2.05) is 66.3 Å². The molecule has 2 aliphatic heterocycles. The number of nitrogens with one attached hydrogen (secondary N) is 1. The predicted molar refractivity (Wildman–Crippen MR) is 131 cm³/mol. The van der Waals surface area contributed by atoms with E-state index in [-0.39, 0.29) is 17.7 Å². The third-order valence-corrected chi connectivity index (χ3v) is 7.17. The minimum absolute atomic E-state index is 0.254. The summed E-state index contributed by atoms with van der Waals surface area (Å²) in [6, 6.07) is 15.9. The number of carbonyl (C=O) groups excluding carboxylic acids is 2. The molecule has 0 spiro atoms. The molecule has 0 bridgehead atoms. The first-order chi connectivity index (χ1) is 16.0. The minimum Gasteiger partial charge on any atom is -0.356 e. The lowest BCUT2D eigenvalue weighted by Gasteiger charge is -2.30. The first kappa shape index (κ1) is 20.0. The fourth-order valence-corrected chi connectivity index (χ4v) is 5.41. The molecule has 6 nitrogen and oxygen atoms in total. The van der Waals surface area contributed by atoms with Crippen molar-refractivity contribution in [2.24, 2.45) is 7.05 Å². The van der Waals surface area contributed by atoms with Gasteiger partial charge in [-0.2, -0.15) is 0 Å². The van der Waals surface area contributed by atoms with E-state index in [4.69, 9.17) is 0 Å². The molecule has 4 heterocycles. The molecule has 0 radical (unpaired) electrons. The Morgan fingerprint density at radius 2 is 1.61 bits per heavy atom. The normalized spacial score (nSPS) is 18.1. The smallest absolute Gasteiger partial charge is 0.266 e. The van der Waals surface area contributed by atoms with Gasteiger partial charge in [0.15, 0.2) is 0 Å². The Hall–Kier alpha value is -3.64. The molecule has 6 heteroatoms. The van der Waals surface area contributed by atoms with Crippen LogP contribution >= 0.6 is 0 Å². The summed E-state index contributed by atoms with van der Waals surface area (Å²) in [6.45, 7) is 2.00. The van der Waals surface area contributed by atoms with Crippen LogP contribution in [-0.4, -0.2) is 46.4 Å². The second-order valence-electron chi connectivity index (χ2n) is 9.22. The predicted octanol–water partition coefficient (Wildman–Crippen LogP) is 4.43. The molecule has 1 saturated heterocycles. The van der Waals surface area contributed by atoms with Crippen molar-refractivity contribution >= 4 is 44.9 Å². The van der Waals surface area contributed by atoms with E-state index in [0.717, 1.165) is 64.7 Å². The second kappa shape index (κ2) is 7.46. The van der Waals surface area contributed by atoms with Crippen LogP contribution in [-0.2, 0) is 16.6 Å². The van der Waals surface area contributed by atoms with Crippen molar-refractivity contribution in [2.45, 2.75) is 18.8 Å². The number of aryl methyl sites for hydroxylation is 1. The van der Waals surface area contributed by atoms with Gasteiger partial charge in [-0.25, -0.2) is 4.90 Å². The molecule has 2 amide bonds. The van der Waals surface area contributed by atoms with Gasteiger partial charge < -0.3 is 14.5 Å². The van der Waals surface area contributed by atoms with Crippen molar-refractivity contribution in [3.05, 3.63) is 72.1 Å². The Balaban J connectivity index is 1.47. The van der Waals surface area contributed by atoms with Crippen molar-refractivity contribution in [2.75, 3.05) is 25.0 Å². The average Bonchev–Trinajstić information content (AvgIpc) is 3.45. The van der Waals surface area contributed by atoms with Crippen molar-refractivity contribution in [3.63, 3.8) is 0 Å². The molecule has 0 saturated carbocycles. The Bertz CT molecular complexity index is 1450. The number of carbonyl (C=O) groups is 2. The zero-order valence-electron chi connectivity index (χ0n) is 18.8. The maximum atomic E-state index is 13.8. The third-order valence-electron chi connectivity index (χ3n) is 7.17. The van der Waals surface area contributed by atoms with Crippen LogP contribution in [0.1, 0.15) is 30.0 Å². The number of hydrogen-bond donors (Lipinski definition) is 1. The number of anilines is 1. The molecule has 166 valence electrons. The molecule has 0 unspecified atom stereocenters. The molecule has 1 fully saturated rings. The highest BCUT2D eigenvalue weighted by Crippen LogP contribution is 2.42. The van der Waals surface area contributed by atoms with Crippen LogP contribution in [0.4, 0.5) is 5.69 Å². The standard InChI is InChI=1S/C27H26N4O2/c1-29-13-11-17(12-14-29)25-26(19-8-3-5-9-22(19)28-25)31-24(32)15-20(27(31)33)21-16-30(2)23-10-6-4-7-18(21)23/h3-10,15-17,28H,11-14H2,1-2H3. The van der Waals surface area contributed by atoms with Crippen LogP contribution in [0, 0.1) is 0 Å². The molecule has 6 rings (SSSR count). The topological polar surface area (TPSA) is 61.3 Å². The van der Waals surface area contributed by atoms with Gasteiger partial charge in [-0.3, -0.25) is 9.59 Å². The number of hydrogen-bond acceptors (Lipinski definition) is 3. The van der Waals surface area contributed by atoms with Crippen LogP contribution in [0.2, 0.25) is 0 Å². The lowest BCUT2D eigenvalue weighted by molar-refractivity contribution is -0.119. The number of likely N-dealkylation sites (tertiary alicyclic amines) is 1. The van der Waals surface area contributed by atoms with E-state index in [2.05, 4.69) is 16.9 Å². The number of aromatic amines is 1. The van der Waals surface area contributed by atoms with Crippen LogP contribution < -0.4 is 4.90 Å². The van der Waals surface area contributed by atoms with Gasteiger partial charge in [-0.15, -0.1) is 0 Å². The summed E-state index contributed by atoms with van der Waals surface area (Å²) in [4.78, 5) is 34.4. The zero-order valence-corrected chi connectivity index (χ0v) is 18.8. The van der Waals surface area contributed by atoms with E-state index in [1.54, 1.807) is 0 Å². The zero-order chi connectivity index (χ0) is 22.7. The van der Waals surface area contributed by atoms with Crippen LogP contribution in [0.25, 0.3) is 27.4 Å². The van der Waals surface area contributed by atoms with Gasteiger partial charge >= 0.3 is 0 Å². The van der Waals surface area contributed by atoms with Gasteiger partial charge in [0.05, 0.1) is 11.3 Å². The van der Waals surface area contributed by atoms with Gasteiger partial charge in [0.2, 0.25) is 0 Å². The van der Waals surface area contributed by atoms with Gasteiger partial charge in [0.1, 0.15) is 0 Å². The van der Waals surface area contributed by atoms with E-state index in [0.29, 0.717) is 5.57 Å². The fourth-order valence-electron chi connectivity index (χ4n) is 5.41. The SMILES string of the molecule is CN1CCC(c2[nH]c3ccccc3c2N2C(=O)C=C(c3cn(C)c4ccccc34)C2=O)CC1. The number of imide groups is 1. The van der Waals surface area contributed by atoms with Crippen molar-refractivity contribution < 1.29 is 9.59 Å². The van der Waals surface area contributed by atoms with Crippen LogP contribution in [0.3, 0.4) is 0 Å². The molecular formula is C27H26N4O2. The Morgan fingerprint density at radius 3 is 2.39 bits per heavy atom. The van der Waals surface area contributed by atoms with E-state index >= 15 is 0 Å². The third kappa shape index (κ3) is 3.05. The van der Waals surface area contributed by atoms with Gasteiger partial charge in [-0.05, 0) is 45.1 Å². The van der Waals surface area contributed by atoms with Crippen LogP contribution in [0.15, 0.2) is 60.8 Å². The summed E-state index contributed by atoms with van der Waals surface area (Å²) in [7, 11) is 4.10. The quantitative estimate of drug-likeness (QED) is 0.482. The number of benzene rings is 2. The van der Waals surface area contributed by atoms with Crippen molar-refractivity contribution in [1.82, 2.24) is 14.5 Å². The number of H-pyrrole nitrogens is 1. The van der Waals surface area contributed by atoms with Gasteiger partial charge in [-0.1, -0.05) is 36.4 Å². The van der Waals surface area contributed by atoms with E-state index in [9.17, 15) is 9.59 Å². The highest BCUT2D eigenvalue weighted by Gasteiger charge is 2.38.